The van der Waals surface area contributed by atoms with Crippen LogP contribution in [0.1, 0.15) is 15.9 Å². The zero-order valence-electron chi connectivity index (χ0n) is 12.8. The summed E-state index contributed by atoms with van der Waals surface area (Å²) in [6.07, 6.45) is 2.03. The molecule has 0 aliphatic carbocycles. The van der Waals surface area contributed by atoms with Crippen molar-refractivity contribution in [3.63, 3.8) is 0 Å². The normalized spacial score (nSPS) is 10.2. The van der Waals surface area contributed by atoms with Crippen molar-refractivity contribution in [3.05, 3.63) is 63.7 Å². The van der Waals surface area contributed by atoms with Gasteiger partial charge in [0.15, 0.2) is 0 Å². The Labute approximate surface area is 138 Å². The average molecular weight is 331 g/mol. The number of carbonyl (C=O) groups excluding carboxylic acids is 1. The van der Waals surface area contributed by atoms with Crippen LogP contribution < -0.4 is 10.6 Å². The summed E-state index contributed by atoms with van der Waals surface area (Å²) in [5.41, 5.74) is 2.40. The minimum atomic E-state index is -0.503. The van der Waals surface area contributed by atoms with E-state index in [0.29, 0.717) is 5.69 Å². The second kappa shape index (κ2) is 7.64. The molecule has 0 fully saturated rings. The predicted molar refractivity (Wildman–Crippen MR) is 93.4 cm³/mol. The number of hydrogen-bond acceptors (Lipinski definition) is 5. The standard InChI is InChI=1S/C16H17N3O3S/c1-17-16(20)12-5-8-14(15(9-12)19(21)22)18-13-6-3-11(4-7-13)10-23-2/h3-9,18H,10H2,1-2H3,(H,17,20). The van der Waals surface area contributed by atoms with Crippen molar-refractivity contribution < 1.29 is 9.72 Å². The number of carbonyl (C=O) groups is 1. The zero-order chi connectivity index (χ0) is 16.8. The van der Waals surface area contributed by atoms with Crippen LogP contribution in [0.2, 0.25) is 0 Å². The van der Waals surface area contributed by atoms with Crippen LogP contribution in [0.25, 0.3) is 0 Å². The Morgan fingerprint density at radius 1 is 1.22 bits per heavy atom. The van der Waals surface area contributed by atoms with E-state index >= 15 is 0 Å². The molecular weight excluding hydrogens is 314 g/mol. The second-order valence-electron chi connectivity index (χ2n) is 4.82. The van der Waals surface area contributed by atoms with E-state index in [9.17, 15) is 14.9 Å². The van der Waals surface area contributed by atoms with Crippen LogP contribution >= 0.6 is 11.8 Å². The molecule has 6 nitrogen and oxygen atoms in total. The van der Waals surface area contributed by atoms with Crippen LogP contribution in [0.3, 0.4) is 0 Å². The monoisotopic (exact) mass is 331 g/mol. The average Bonchev–Trinajstić information content (AvgIpc) is 2.56. The fraction of sp³-hybridized carbons (Fsp3) is 0.188. The highest BCUT2D eigenvalue weighted by atomic mass is 32.2. The van der Waals surface area contributed by atoms with Crippen molar-refractivity contribution in [3.8, 4) is 0 Å². The van der Waals surface area contributed by atoms with Gasteiger partial charge < -0.3 is 10.6 Å². The molecule has 7 heteroatoms. The highest BCUT2D eigenvalue weighted by molar-refractivity contribution is 7.97. The Balaban J connectivity index is 2.28. The number of thioether (sulfide) groups is 1. The van der Waals surface area contributed by atoms with Crippen molar-refractivity contribution in [1.82, 2.24) is 5.32 Å². The molecule has 0 unspecified atom stereocenters. The molecule has 0 aromatic heterocycles. The van der Waals surface area contributed by atoms with Gasteiger partial charge in [-0.2, -0.15) is 11.8 Å². The van der Waals surface area contributed by atoms with Gasteiger partial charge in [-0.25, -0.2) is 0 Å². The SMILES string of the molecule is CNC(=O)c1ccc(Nc2ccc(CSC)cc2)c([N+](=O)[O-])c1. The van der Waals surface area contributed by atoms with E-state index < -0.39 is 4.92 Å². The van der Waals surface area contributed by atoms with Crippen molar-refractivity contribution in [2.24, 2.45) is 0 Å². The number of nitrogens with zero attached hydrogens (tertiary/aromatic N) is 1. The van der Waals surface area contributed by atoms with Gasteiger partial charge in [0, 0.05) is 30.1 Å². The lowest BCUT2D eigenvalue weighted by molar-refractivity contribution is -0.383. The summed E-state index contributed by atoms with van der Waals surface area (Å²) < 4.78 is 0. The van der Waals surface area contributed by atoms with Crippen LogP contribution in [-0.2, 0) is 5.75 Å². The fourth-order valence-corrected chi connectivity index (χ4v) is 2.61. The summed E-state index contributed by atoms with van der Waals surface area (Å²) in [7, 11) is 1.48. The van der Waals surface area contributed by atoms with E-state index in [1.54, 1.807) is 23.9 Å². The number of hydrogen-bond donors (Lipinski definition) is 2. The van der Waals surface area contributed by atoms with Crippen molar-refractivity contribution >= 4 is 34.7 Å². The van der Waals surface area contributed by atoms with Gasteiger partial charge in [0.1, 0.15) is 5.69 Å². The molecule has 0 heterocycles. The topological polar surface area (TPSA) is 84.3 Å². The molecule has 2 aromatic rings. The maximum Gasteiger partial charge on any atom is 0.293 e. The first kappa shape index (κ1) is 16.8. The minimum absolute atomic E-state index is 0.140. The molecule has 0 atom stereocenters. The van der Waals surface area contributed by atoms with Crippen molar-refractivity contribution in [2.45, 2.75) is 5.75 Å². The third-order valence-corrected chi connectivity index (χ3v) is 3.85. The largest absolute Gasteiger partial charge is 0.355 e. The Morgan fingerprint density at radius 3 is 2.48 bits per heavy atom. The molecule has 0 radical (unpaired) electrons. The predicted octanol–water partition coefficient (Wildman–Crippen LogP) is 3.56. The Kier molecular flexibility index (Phi) is 5.59. The number of rotatable bonds is 6. The number of benzene rings is 2. The molecule has 0 saturated carbocycles. The molecule has 0 aliphatic heterocycles. The molecular formula is C16H17N3O3S. The Bertz CT molecular complexity index is 717. The van der Waals surface area contributed by atoms with Crippen LogP contribution in [0, 0.1) is 10.1 Å². The van der Waals surface area contributed by atoms with Crippen molar-refractivity contribution in [2.75, 3.05) is 18.6 Å². The van der Waals surface area contributed by atoms with Gasteiger partial charge in [0.25, 0.3) is 11.6 Å². The summed E-state index contributed by atoms with van der Waals surface area (Å²) >= 11 is 1.73. The van der Waals surface area contributed by atoms with Gasteiger partial charge in [0.05, 0.1) is 4.92 Å². The van der Waals surface area contributed by atoms with Crippen LogP contribution in [0.5, 0.6) is 0 Å². The molecule has 120 valence electrons. The summed E-state index contributed by atoms with van der Waals surface area (Å²) in [6, 6.07) is 12.1. The lowest BCUT2D eigenvalue weighted by Gasteiger charge is -2.09. The van der Waals surface area contributed by atoms with Crippen LogP contribution in [0.4, 0.5) is 17.1 Å². The molecule has 2 aromatic carbocycles. The quantitative estimate of drug-likeness (QED) is 0.624. The van der Waals surface area contributed by atoms with E-state index in [2.05, 4.69) is 10.6 Å². The highest BCUT2D eigenvalue weighted by Crippen LogP contribution is 2.29. The molecule has 0 aliphatic rings. The Morgan fingerprint density at radius 2 is 1.91 bits per heavy atom. The molecule has 0 spiro atoms. The maximum absolute atomic E-state index is 11.6. The number of nitro groups is 1. The molecule has 0 bridgehead atoms. The molecule has 1 amide bonds. The number of amides is 1. The van der Waals surface area contributed by atoms with E-state index in [1.165, 1.54) is 18.7 Å². The highest BCUT2D eigenvalue weighted by Gasteiger charge is 2.17. The van der Waals surface area contributed by atoms with E-state index in [1.807, 2.05) is 30.5 Å². The lowest BCUT2D eigenvalue weighted by atomic mass is 10.1. The summed E-state index contributed by atoms with van der Waals surface area (Å²) in [5, 5.41) is 16.7. The van der Waals surface area contributed by atoms with E-state index in [0.717, 1.165) is 11.4 Å². The van der Waals surface area contributed by atoms with Gasteiger partial charge in [-0.15, -0.1) is 0 Å². The second-order valence-corrected chi connectivity index (χ2v) is 5.69. The maximum atomic E-state index is 11.6. The van der Waals surface area contributed by atoms with Gasteiger partial charge in [-0.05, 0) is 36.1 Å². The lowest BCUT2D eigenvalue weighted by Crippen LogP contribution is -2.17. The van der Waals surface area contributed by atoms with Crippen LogP contribution in [-0.4, -0.2) is 24.1 Å². The number of nitro benzene ring substituents is 1. The summed E-state index contributed by atoms with van der Waals surface area (Å²) in [5.74, 6) is 0.558. The van der Waals surface area contributed by atoms with Gasteiger partial charge in [-0.3, -0.25) is 14.9 Å². The minimum Gasteiger partial charge on any atom is -0.355 e. The van der Waals surface area contributed by atoms with E-state index in [-0.39, 0.29) is 17.2 Å². The first-order chi connectivity index (χ1) is 11.0. The van der Waals surface area contributed by atoms with Crippen molar-refractivity contribution in [1.29, 1.82) is 0 Å². The van der Waals surface area contributed by atoms with Gasteiger partial charge >= 0.3 is 0 Å². The molecule has 23 heavy (non-hydrogen) atoms. The van der Waals surface area contributed by atoms with Gasteiger partial charge in [-0.1, -0.05) is 12.1 Å². The first-order valence-corrected chi connectivity index (χ1v) is 8.30. The fourth-order valence-electron chi connectivity index (χ4n) is 2.08. The smallest absolute Gasteiger partial charge is 0.293 e. The number of anilines is 2. The third-order valence-electron chi connectivity index (χ3n) is 3.23. The number of nitrogens with one attached hydrogen (secondary N) is 2. The molecule has 2 rings (SSSR count). The third kappa shape index (κ3) is 4.23. The molecule has 2 N–H and O–H groups in total. The van der Waals surface area contributed by atoms with Gasteiger partial charge in [0.2, 0.25) is 0 Å². The Hall–Kier alpha value is -2.54. The first-order valence-electron chi connectivity index (χ1n) is 6.90. The summed E-state index contributed by atoms with van der Waals surface area (Å²) in [4.78, 5) is 22.3. The summed E-state index contributed by atoms with van der Waals surface area (Å²) in [6.45, 7) is 0. The van der Waals surface area contributed by atoms with E-state index in [4.69, 9.17) is 0 Å². The molecule has 0 saturated heterocycles. The zero-order valence-corrected chi connectivity index (χ0v) is 13.6. The van der Waals surface area contributed by atoms with Crippen LogP contribution in [0.15, 0.2) is 42.5 Å².